The van der Waals surface area contributed by atoms with Gasteiger partial charge in [0.25, 0.3) is 0 Å². The molecule has 0 aromatic carbocycles. The number of sulfonamides is 1. The van der Waals surface area contributed by atoms with Gasteiger partial charge >= 0.3 is 0 Å². The molecule has 0 aromatic rings. The topological polar surface area (TPSA) is 49.4 Å². The van der Waals surface area contributed by atoms with Gasteiger partial charge in [-0.1, -0.05) is 0 Å². The monoisotopic (exact) mass is 246 g/mol. The predicted molar refractivity (Wildman–Crippen MR) is 64.8 cm³/mol. The minimum absolute atomic E-state index is 0.0769. The van der Waals surface area contributed by atoms with E-state index in [1.54, 1.807) is 4.31 Å². The Hall–Kier alpha value is -0.130. The van der Waals surface area contributed by atoms with Crippen LogP contribution in [0, 0.1) is 0 Å². The first-order valence-electron chi connectivity index (χ1n) is 6.26. The molecular formula is C11H22N2O2S. The van der Waals surface area contributed by atoms with Gasteiger partial charge in [-0.05, 0) is 46.1 Å². The van der Waals surface area contributed by atoms with E-state index in [1.165, 1.54) is 6.42 Å². The first kappa shape index (κ1) is 12.3. The maximum absolute atomic E-state index is 12.2. The molecule has 1 aliphatic carbocycles. The van der Waals surface area contributed by atoms with Gasteiger partial charge in [-0.3, -0.25) is 0 Å². The average molecular weight is 246 g/mol. The molecule has 0 amide bonds. The Morgan fingerprint density at radius 2 is 2.00 bits per heavy atom. The second kappa shape index (κ2) is 4.63. The Labute approximate surface area is 98.4 Å². The lowest BCUT2D eigenvalue weighted by Gasteiger charge is -2.28. The van der Waals surface area contributed by atoms with Gasteiger partial charge in [0.1, 0.15) is 0 Å². The lowest BCUT2D eigenvalue weighted by molar-refractivity contribution is 0.322. The zero-order valence-electron chi connectivity index (χ0n) is 10.1. The van der Waals surface area contributed by atoms with Crippen molar-refractivity contribution in [3.05, 3.63) is 0 Å². The summed E-state index contributed by atoms with van der Waals surface area (Å²) in [6.45, 7) is 5.61. The van der Waals surface area contributed by atoms with Crippen LogP contribution in [0.4, 0.5) is 0 Å². The summed E-state index contributed by atoms with van der Waals surface area (Å²) in [4.78, 5) is 0. The molecule has 1 atom stereocenters. The van der Waals surface area contributed by atoms with Crippen LogP contribution in [0.5, 0.6) is 0 Å². The molecule has 2 aliphatic rings. The van der Waals surface area contributed by atoms with E-state index in [1.807, 2.05) is 13.8 Å². The van der Waals surface area contributed by atoms with Crippen molar-refractivity contribution in [3.63, 3.8) is 0 Å². The third-order valence-corrected chi connectivity index (χ3v) is 5.95. The molecule has 0 radical (unpaired) electrons. The first-order chi connectivity index (χ1) is 7.51. The van der Waals surface area contributed by atoms with E-state index in [0.717, 1.165) is 25.8 Å². The minimum atomic E-state index is -3.02. The second-order valence-electron chi connectivity index (χ2n) is 5.20. The van der Waals surface area contributed by atoms with Gasteiger partial charge in [0.15, 0.2) is 0 Å². The van der Waals surface area contributed by atoms with Crippen LogP contribution in [0.3, 0.4) is 0 Å². The van der Waals surface area contributed by atoms with Crippen molar-refractivity contribution in [3.8, 4) is 0 Å². The number of nitrogens with zero attached hydrogens (tertiary/aromatic N) is 1. The molecule has 5 heteroatoms. The summed E-state index contributed by atoms with van der Waals surface area (Å²) in [5.41, 5.74) is 0. The van der Waals surface area contributed by atoms with Crippen molar-refractivity contribution in [2.45, 2.75) is 56.9 Å². The van der Waals surface area contributed by atoms with Crippen LogP contribution in [0.2, 0.25) is 0 Å². The third kappa shape index (κ3) is 2.57. The van der Waals surface area contributed by atoms with E-state index in [9.17, 15) is 8.42 Å². The van der Waals surface area contributed by atoms with Gasteiger partial charge < -0.3 is 5.32 Å². The lowest BCUT2D eigenvalue weighted by atomic mass is 10.2. The van der Waals surface area contributed by atoms with E-state index >= 15 is 0 Å². The predicted octanol–water partition coefficient (Wildman–Crippen LogP) is 0.941. The van der Waals surface area contributed by atoms with Crippen LogP contribution in [0.15, 0.2) is 0 Å². The Bertz CT molecular complexity index is 330. The molecule has 1 aliphatic heterocycles. The van der Waals surface area contributed by atoms with Crippen LogP contribution in [0.1, 0.15) is 39.5 Å². The van der Waals surface area contributed by atoms with Gasteiger partial charge in [0.05, 0.1) is 5.25 Å². The number of rotatable bonds is 5. The van der Waals surface area contributed by atoms with Crippen LogP contribution in [0.25, 0.3) is 0 Å². The summed E-state index contributed by atoms with van der Waals surface area (Å²) >= 11 is 0. The summed E-state index contributed by atoms with van der Waals surface area (Å²) in [5.74, 6) is 0. The fourth-order valence-corrected chi connectivity index (χ4v) is 4.39. The Balaban J connectivity index is 2.04. The molecule has 94 valence electrons. The van der Waals surface area contributed by atoms with Gasteiger partial charge in [0, 0.05) is 18.6 Å². The van der Waals surface area contributed by atoms with Gasteiger partial charge in [0.2, 0.25) is 10.0 Å². The van der Waals surface area contributed by atoms with Crippen molar-refractivity contribution < 1.29 is 8.42 Å². The Morgan fingerprint density at radius 3 is 2.44 bits per heavy atom. The standard InChI is InChI=1S/C11H22N2O2S/c1-9(2)13(8-10-4-3-7-12-10)16(14,15)11-5-6-11/h9-12H,3-8H2,1-2H3. The molecule has 1 heterocycles. The summed E-state index contributed by atoms with van der Waals surface area (Å²) in [5, 5.41) is 3.28. The van der Waals surface area contributed by atoms with Gasteiger partial charge in [-0.2, -0.15) is 4.31 Å². The summed E-state index contributed by atoms with van der Waals surface area (Å²) in [6, 6.07) is 0.434. The minimum Gasteiger partial charge on any atom is -0.313 e. The molecule has 2 fully saturated rings. The maximum atomic E-state index is 12.2. The number of hydrogen-bond acceptors (Lipinski definition) is 3. The molecule has 0 spiro atoms. The molecule has 1 saturated heterocycles. The number of nitrogens with one attached hydrogen (secondary N) is 1. The first-order valence-corrected chi connectivity index (χ1v) is 7.76. The molecule has 16 heavy (non-hydrogen) atoms. The maximum Gasteiger partial charge on any atom is 0.217 e. The molecule has 4 nitrogen and oxygen atoms in total. The van der Waals surface area contributed by atoms with Crippen molar-refractivity contribution in [2.24, 2.45) is 0 Å². The Morgan fingerprint density at radius 1 is 1.31 bits per heavy atom. The third-order valence-electron chi connectivity index (χ3n) is 3.41. The quantitative estimate of drug-likeness (QED) is 0.785. The highest BCUT2D eigenvalue weighted by Gasteiger charge is 2.41. The zero-order valence-corrected chi connectivity index (χ0v) is 11.0. The highest BCUT2D eigenvalue weighted by molar-refractivity contribution is 7.90. The van der Waals surface area contributed by atoms with Crippen LogP contribution < -0.4 is 5.32 Å². The Kier molecular flexibility index (Phi) is 3.56. The second-order valence-corrected chi connectivity index (χ2v) is 7.37. The highest BCUT2D eigenvalue weighted by atomic mass is 32.2. The van der Waals surface area contributed by atoms with Crippen LogP contribution >= 0.6 is 0 Å². The molecular weight excluding hydrogens is 224 g/mol. The summed E-state index contributed by atoms with van der Waals surface area (Å²) in [7, 11) is -3.02. The van der Waals surface area contributed by atoms with Crippen molar-refractivity contribution in [1.82, 2.24) is 9.62 Å². The smallest absolute Gasteiger partial charge is 0.217 e. The van der Waals surface area contributed by atoms with Gasteiger partial charge in [-0.15, -0.1) is 0 Å². The van der Waals surface area contributed by atoms with Crippen molar-refractivity contribution in [2.75, 3.05) is 13.1 Å². The normalized spacial score (nSPS) is 26.9. The van der Waals surface area contributed by atoms with Crippen LogP contribution in [-0.2, 0) is 10.0 Å². The van der Waals surface area contributed by atoms with Gasteiger partial charge in [-0.25, -0.2) is 8.42 Å². The van der Waals surface area contributed by atoms with Crippen molar-refractivity contribution >= 4 is 10.0 Å². The SMILES string of the molecule is CC(C)N(CC1CCCN1)S(=O)(=O)C1CC1. The van der Waals surface area contributed by atoms with E-state index in [4.69, 9.17) is 0 Å². The fourth-order valence-electron chi connectivity index (χ4n) is 2.30. The van der Waals surface area contributed by atoms with Crippen LogP contribution in [-0.4, -0.2) is 43.1 Å². The molecule has 1 saturated carbocycles. The summed E-state index contributed by atoms with van der Waals surface area (Å²) < 4.78 is 26.1. The van der Waals surface area contributed by atoms with Crippen molar-refractivity contribution in [1.29, 1.82) is 0 Å². The fraction of sp³-hybridized carbons (Fsp3) is 1.00. The zero-order chi connectivity index (χ0) is 11.8. The molecule has 1 unspecified atom stereocenters. The summed E-state index contributed by atoms with van der Waals surface area (Å²) in [6.07, 6.45) is 3.97. The molecule has 0 aromatic heterocycles. The van der Waals surface area contributed by atoms with E-state index in [-0.39, 0.29) is 11.3 Å². The average Bonchev–Trinajstić information content (AvgIpc) is 2.94. The van der Waals surface area contributed by atoms with E-state index in [0.29, 0.717) is 12.6 Å². The largest absolute Gasteiger partial charge is 0.313 e. The van der Waals surface area contributed by atoms with E-state index in [2.05, 4.69) is 5.32 Å². The highest BCUT2D eigenvalue weighted by Crippen LogP contribution is 2.32. The number of hydrogen-bond donors (Lipinski definition) is 1. The molecule has 2 rings (SSSR count). The molecule has 1 N–H and O–H groups in total. The lowest BCUT2D eigenvalue weighted by Crippen LogP contribution is -2.46. The molecule has 0 bridgehead atoms. The van der Waals surface area contributed by atoms with E-state index < -0.39 is 10.0 Å².